The van der Waals surface area contributed by atoms with Gasteiger partial charge in [-0.1, -0.05) is 30.3 Å². The Morgan fingerprint density at radius 1 is 1.17 bits per heavy atom. The largest absolute Gasteiger partial charge is 0.337 e. The monoisotopic (exact) mass is 338 g/mol. The molecule has 2 rings (SSSR count). The van der Waals surface area contributed by atoms with Crippen LogP contribution in [0, 0.1) is 11.6 Å². The Balaban J connectivity index is 2.24. The van der Waals surface area contributed by atoms with Crippen LogP contribution in [0.25, 0.3) is 11.1 Å². The maximum atomic E-state index is 14.1. The van der Waals surface area contributed by atoms with Crippen molar-refractivity contribution >= 4 is 22.5 Å². The van der Waals surface area contributed by atoms with Crippen molar-refractivity contribution in [1.82, 2.24) is 5.32 Å². The van der Waals surface area contributed by atoms with E-state index >= 15 is 0 Å². The standard InChI is InChI=1S/C16H16F2N2O2S/c1-23(22)8-7-19-16(21)20-15-13(9-12(17)10-14(15)18)11-5-3-2-4-6-11/h2-6,9-10H,7-8H2,1H3,(H2,19,20,21). The molecule has 23 heavy (non-hydrogen) atoms. The normalized spacial score (nSPS) is 11.8. The van der Waals surface area contributed by atoms with Crippen molar-refractivity contribution in [3.05, 3.63) is 54.1 Å². The molecular weight excluding hydrogens is 322 g/mol. The second kappa shape index (κ2) is 7.82. The Morgan fingerprint density at radius 2 is 1.87 bits per heavy atom. The minimum atomic E-state index is -1.04. The molecule has 2 aromatic rings. The predicted octanol–water partition coefficient (Wildman–Crippen LogP) is 3.13. The number of carbonyl (C=O) groups excluding carboxylic acids is 1. The number of benzene rings is 2. The van der Waals surface area contributed by atoms with Gasteiger partial charge in [-0.05, 0) is 11.6 Å². The fourth-order valence-corrected chi connectivity index (χ4v) is 2.40. The van der Waals surface area contributed by atoms with E-state index in [4.69, 9.17) is 0 Å². The van der Waals surface area contributed by atoms with Crippen LogP contribution in [0.15, 0.2) is 42.5 Å². The van der Waals surface area contributed by atoms with Crippen LogP contribution in [-0.4, -0.2) is 28.8 Å². The van der Waals surface area contributed by atoms with Gasteiger partial charge in [0, 0.05) is 41.0 Å². The van der Waals surface area contributed by atoms with E-state index < -0.39 is 28.5 Å². The number of urea groups is 1. The highest BCUT2D eigenvalue weighted by molar-refractivity contribution is 7.84. The zero-order valence-corrected chi connectivity index (χ0v) is 13.3. The van der Waals surface area contributed by atoms with Crippen LogP contribution >= 0.6 is 0 Å². The number of rotatable bonds is 5. The molecule has 2 amide bonds. The number of carbonyl (C=O) groups is 1. The number of amides is 2. The number of hydrogen-bond acceptors (Lipinski definition) is 2. The second-order valence-corrected chi connectivity index (χ2v) is 6.39. The van der Waals surface area contributed by atoms with Crippen molar-refractivity contribution in [2.45, 2.75) is 0 Å². The Kier molecular flexibility index (Phi) is 5.81. The molecule has 0 aliphatic rings. The number of anilines is 1. The molecule has 0 aliphatic heterocycles. The molecular formula is C16H16F2N2O2S. The number of hydrogen-bond donors (Lipinski definition) is 2. The summed E-state index contributed by atoms with van der Waals surface area (Å²) in [5, 5.41) is 4.87. The molecule has 2 aromatic carbocycles. The molecule has 0 saturated carbocycles. The van der Waals surface area contributed by atoms with Crippen LogP contribution < -0.4 is 10.6 Å². The molecule has 0 spiro atoms. The summed E-state index contributed by atoms with van der Waals surface area (Å²) >= 11 is 0. The SMILES string of the molecule is CS(=O)CCNC(=O)Nc1c(F)cc(F)cc1-c1ccccc1. The van der Waals surface area contributed by atoms with Crippen molar-refractivity contribution in [3.63, 3.8) is 0 Å². The summed E-state index contributed by atoms with van der Waals surface area (Å²) < 4.78 is 38.5. The fourth-order valence-electron chi connectivity index (χ4n) is 2.01. The van der Waals surface area contributed by atoms with E-state index in [2.05, 4.69) is 10.6 Å². The van der Waals surface area contributed by atoms with Gasteiger partial charge in [-0.15, -0.1) is 0 Å². The maximum Gasteiger partial charge on any atom is 0.319 e. The van der Waals surface area contributed by atoms with Crippen molar-refractivity contribution in [3.8, 4) is 11.1 Å². The maximum absolute atomic E-state index is 14.1. The minimum absolute atomic E-state index is 0.104. The van der Waals surface area contributed by atoms with Gasteiger partial charge in [0.15, 0.2) is 0 Å². The molecule has 122 valence electrons. The van der Waals surface area contributed by atoms with Gasteiger partial charge in [-0.2, -0.15) is 0 Å². The number of halogens is 2. The van der Waals surface area contributed by atoms with E-state index in [1.165, 1.54) is 6.26 Å². The van der Waals surface area contributed by atoms with Gasteiger partial charge in [0.1, 0.15) is 11.6 Å². The van der Waals surface area contributed by atoms with Gasteiger partial charge < -0.3 is 10.6 Å². The fraction of sp³-hybridized carbons (Fsp3) is 0.188. The molecule has 7 heteroatoms. The summed E-state index contributed by atoms with van der Waals surface area (Å²) in [5.41, 5.74) is 0.723. The molecule has 0 aliphatic carbocycles. The summed E-state index contributed by atoms with van der Waals surface area (Å²) in [5.74, 6) is -1.29. The Bertz CT molecular complexity index is 724. The van der Waals surface area contributed by atoms with E-state index in [-0.39, 0.29) is 17.8 Å². The molecule has 0 heterocycles. The summed E-state index contributed by atoms with van der Waals surface area (Å²) in [6.07, 6.45) is 1.52. The number of nitrogens with one attached hydrogen (secondary N) is 2. The van der Waals surface area contributed by atoms with Gasteiger partial charge in [-0.3, -0.25) is 4.21 Å². The first kappa shape index (κ1) is 17.1. The van der Waals surface area contributed by atoms with Gasteiger partial charge in [0.25, 0.3) is 0 Å². The Morgan fingerprint density at radius 3 is 2.52 bits per heavy atom. The lowest BCUT2D eigenvalue weighted by atomic mass is 10.0. The first-order valence-corrected chi connectivity index (χ1v) is 8.59. The third-order valence-corrected chi connectivity index (χ3v) is 3.83. The van der Waals surface area contributed by atoms with Gasteiger partial charge in [-0.25, -0.2) is 13.6 Å². The zero-order chi connectivity index (χ0) is 16.8. The smallest absolute Gasteiger partial charge is 0.319 e. The quantitative estimate of drug-likeness (QED) is 0.880. The van der Waals surface area contributed by atoms with Crippen LogP contribution in [0.1, 0.15) is 0 Å². The van der Waals surface area contributed by atoms with Crippen LogP contribution in [0.5, 0.6) is 0 Å². The van der Waals surface area contributed by atoms with Crippen LogP contribution in [0.4, 0.5) is 19.3 Å². The van der Waals surface area contributed by atoms with Crippen LogP contribution in [0.2, 0.25) is 0 Å². The molecule has 0 radical (unpaired) electrons. The third-order valence-electron chi connectivity index (χ3n) is 3.05. The highest BCUT2D eigenvalue weighted by Crippen LogP contribution is 2.31. The molecule has 0 aromatic heterocycles. The summed E-state index contributed by atoms with van der Waals surface area (Å²) in [4.78, 5) is 11.8. The van der Waals surface area contributed by atoms with E-state index in [9.17, 15) is 17.8 Å². The van der Waals surface area contributed by atoms with Gasteiger partial charge >= 0.3 is 6.03 Å². The lowest BCUT2D eigenvalue weighted by Gasteiger charge is -2.13. The van der Waals surface area contributed by atoms with Crippen LogP contribution in [0.3, 0.4) is 0 Å². The van der Waals surface area contributed by atoms with E-state index in [0.717, 1.165) is 6.07 Å². The lowest BCUT2D eigenvalue weighted by molar-refractivity contribution is 0.252. The third kappa shape index (κ3) is 4.85. The van der Waals surface area contributed by atoms with Crippen LogP contribution in [-0.2, 0) is 10.8 Å². The average Bonchev–Trinajstić information content (AvgIpc) is 2.50. The van der Waals surface area contributed by atoms with Crippen molar-refractivity contribution in [2.24, 2.45) is 0 Å². The van der Waals surface area contributed by atoms with E-state index in [0.29, 0.717) is 17.4 Å². The highest BCUT2D eigenvalue weighted by atomic mass is 32.2. The molecule has 0 fully saturated rings. The molecule has 0 saturated heterocycles. The predicted molar refractivity (Wildman–Crippen MR) is 87.7 cm³/mol. The second-order valence-electron chi connectivity index (χ2n) is 4.83. The molecule has 1 unspecified atom stereocenters. The van der Waals surface area contributed by atoms with Gasteiger partial charge in [0.2, 0.25) is 0 Å². The topological polar surface area (TPSA) is 58.2 Å². The summed E-state index contributed by atoms with van der Waals surface area (Å²) in [7, 11) is -1.04. The zero-order valence-electron chi connectivity index (χ0n) is 12.4. The van der Waals surface area contributed by atoms with Crippen molar-refractivity contribution < 1.29 is 17.8 Å². The first-order chi connectivity index (χ1) is 11.0. The first-order valence-electron chi connectivity index (χ1n) is 6.86. The van der Waals surface area contributed by atoms with E-state index in [1.807, 2.05) is 0 Å². The molecule has 1 atom stereocenters. The van der Waals surface area contributed by atoms with E-state index in [1.54, 1.807) is 30.3 Å². The van der Waals surface area contributed by atoms with Gasteiger partial charge in [0.05, 0.1) is 5.69 Å². The van der Waals surface area contributed by atoms with Crippen molar-refractivity contribution in [1.29, 1.82) is 0 Å². The summed E-state index contributed by atoms with van der Waals surface area (Å²) in [6, 6.07) is 9.87. The minimum Gasteiger partial charge on any atom is -0.337 e. The summed E-state index contributed by atoms with van der Waals surface area (Å²) in [6.45, 7) is 0.193. The highest BCUT2D eigenvalue weighted by Gasteiger charge is 2.15. The van der Waals surface area contributed by atoms with Crippen molar-refractivity contribution in [2.75, 3.05) is 23.9 Å². The molecule has 4 nitrogen and oxygen atoms in total. The molecule has 2 N–H and O–H groups in total. The molecule has 0 bridgehead atoms. The average molecular weight is 338 g/mol. The Labute approximate surface area is 135 Å². The lowest BCUT2D eigenvalue weighted by Crippen LogP contribution is -2.32. The Hall–Kier alpha value is -2.28.